The molecule has 7 heteroatoms. The molecule has 0 bridgehead atoms. The van der Waals surface area contributed by atoms with Crippen LogP contribution in [0.5, 0.6) is 0 Å². The van der Waals surface area contributed by atoms with Gasteiger partial charge in [-0.05, 0) is 17.7 Å². The van der Waals surface area contributed by atoms with E-state index in [9.17, 15) is 9.59 Å². The average Bonchev–Trinajstić information content (AvgIpc) is 2.87. The number of carboxylic acids is 1. The molecule has 0 aliphatic heterocycles. The van der Waals surface area contributed by atoms with Gasteiger partial charge in [-0.1, -0.05) is 28.1 Å². The molecule has 1 aromatic heterocycles. The molecule has 21 heavy (non-hydrogen) atoms. The SMILES string of the molecule is O=C(Cc1cccc(Br)c1)NCCn1cnc(C(=O)O)c1. The molecule has 0 aliphatic carbocycles. The summed E-state index contributed by atoms with van der Waals surface area (Å²) in [6.07, 6.45) is 3.18. The second-order valence-electron chi connectivity index (χ2n) is 4.46. The fourth-order valence-corrected chi connectivity index (χ4v) is 2.26. The van der Waals surface area contributed by atoms with Gasteiger partial charge in [0.15, 0.2) is 5.69 Å². The zero-order valence-corrected chi connectivity index (χ0v) is 12.7. The Hall–Kier alpha value is -2.15. The lowest BCUT2D eigenvalue weighted by Crippen LogP contribution is -2.28. The van der Waals surface area contributed by atoms with E-state index in [-0.39, 0.29) is 11.6 Å². The Morgan fingerprint density at radius 2 is 2.19 bits per heavy atom. The number of nitrogens with one attached hydrogen (secondary N) is 1. The highest BCUT2D eigenvalue weighted by molar-refractivity contribution is 9.10. The van der Waals surface area contributed by atoms with E-state index in [2.05, 4.69) is 26.2 Å². The summed E-state index contributed by atoms with van der Waals surface area (Å²) in [5, 5.41) is 11.5. The molecule has 1 heterocycles. The maximum atomic E-state index is 11.8. The standard InChI is InChI=1S/C14H14BrN3O3/c15-11-3-1-2-10(6-11)7-13(19)16-4-5-18-8-12(14(20)21)17-9-18/h1-3,6,8-9H,4-5,7H2,(H,16,19)(H,20,21). The minimum Gasteiger partial charge on any atom is -0.476 e. The van der Waals surface area contributed by atoms with Crippen molar-refractivity contribution in [1.82, 2.24) is 14.9 Å². The summed E-state index contributed by atoms with van der Waals surface area (Å²) in [5.74, 6) is -1.14. The molecule has 2 aromatic rings. The van der Waals surface area contributed by atoms with Crippen molar-refractivity contribution in [1.29, 1.82) is 0 Å². The Labute approximate surface area is 129 Å². The van der Waals surface area contributed by atoms with Gasteiger partial charge >= 0.3 is 5.97 Å². The van der Waals surface area contributed by atoms with E-state index in [0.717, 1.165) is 10.0 Å². The van der Waals surface area contributed by atoms with E-state index < -0.39 is 5.97 Å². The van der Waals surface area contributed by atoms with Gasteiger partial charge < -0.3 is 15.0 Å². The number of aromatic carboxylic acids is 1. The molecule has 6 nitrogen and oxygen atoms in total. The summed E-state index contributed by atoms with van der Waals surface area (Å²) in [6, 6.07) is 7.57. The van der Waals surface area contributed by atoms with Crippen LogP contribution in [-0.2, 0) is 17.8 Å². The smallest absolute Gasteiger partial charge is 0.356 e. The van der Waals surface area contributed by atoms with Crippen molar-refractivity contribution in [3.05, 3.63) is 52.5 Å². The van der Waals surface area contributed by atoms with Crippen molar-refractivity contribution in [3.8, 4) is 0 Å². The lowest BCUT2D eigenvalue weighted by Gasteiger charge is -2.06. The zero-order chi connectivity index (χ0) is 15.2. The molecule has 0 saturated heterocycles. The second kappa shape index (κ2) is 7.03. The van der Waals surface area contributed by atoms with Crippen LogP contribution in [-0.4, -0.2) is 33.1 Å². The Bertz CT molecular complexity index is 654. The van der Waals surface area contributed by atoms with Crippen LogP contribution in [0.15, 0.2) is 41.3 Å². The van der Waals surface area contributed by atoms with E-state index in [1.54, 1.807) is 4.57 Å². The van der Waals surface area contributed by atoms with Crippen LogP contribution in [0.4, 0.5) is 0 Å². The quantitative estimate of drug-likeness (QED) is 0.829. The van der Waals surface area contributed by atoms with Gasteiger partial charge in [0, 0.05) is 23.8 Å². The monoisotopic (exact) mass is 351 g/mol. The number of carbonyl (C=O) groups excluding carboxylic acids is 1. The van der Waals surface area contributed by atoms with Gasteiger partial charge in [-0.2, -0.15) is 0 Å². The first-order valence-corrected chi connectivity index (χ1v) is 7.10. The third-order valence-corrected chi connectivity index (χ3v) is 3.29. The highest BCUT2D eigenvalue weighted by atomic mass is 79.9. The molecule has 0 atom stereocenters. The van der Waals surface area contributed by atoms with Crippen molar-refractivity contribution >= 4 is 27.8 Å². The number of imidazole rings is 1. The lowest BCUT2D eigenvalue weighted by molar-refractivity contribution is -0.120. The van der Waals surface area contributed by atoms with E-state index in [1.165, 1.54) is 12.5 Å². The summed E-state index contributed by atoms with van der Waals surface area (Å²) in [6.45, 7) is 0.896. The van der Waals surface area contributed by atoms with Crippen LogP contribution in [0, 0.1) is 0 Å². The van der Waals surface area contributed by atoms with Gasteiger partial charge in [0.1, 0.15) is 0 Å². The van der Waals surface area contributed by atoms with Crippen LogP contribution in [0.3, 0.4) is 0 Å². The number of carboxylic acid groups (broad SMARTS) is 1. The number of hydrogen-bond donors (Lipinski definition) is 2. The fraction of sp³-hybridized carbons (Fsp3) is 0.214. The van der Waals surface area contributed by atoms with Crippen molar-refractivity contribution in [2.75, 3.05) is 6.54 Å². The average molecular weight is 352 g/mol. The van der Waals surface area contributed by atoms with Crippen LogP contribution in [0.1, 0.15) is 16.1 Å². The van der Waals surface area contributed by atoms with Crippen LogP contribution in [0.2, 0.25) is 0 Å². The van der Waals surface area contributed by atoms with E-state index in [4.69, 9.17) is 5.11 Å². The van der Waals surface area contributed by atoms with Gasteiger partial charge in [0.2, 0.25) is 5.91 Å². The molecule has 1 aromatic carbocycles. The molecule has 0 spiro atoms. The van der Waals surface area contributed by atoms with Crippen molar-refractivity contribution in [2.45, 2.75) is 13.0 Å². The Morgan fingerprint density at radius 1 is 1.38 bits per heavy atom. The van der Waals surface area contributed by atoms with E-state index >= 15 is 0 Å². The molecule has 0 aliphatic rings. The van der Waals surface area contributed by atoms with Crippen molar-refractivity contribution in [2.24, 2.45) is 0 Å². The van der Waals surface area contributed by atoms with E-state index in [0.29, 0.717) is 19.5 Å². The minimum atomic E-state index is -1.06. The molecule has 0 fully saturated rings. The normalized spacial score (nSPS) is 10.3. The van der Waals surface area contributed by atoms with Gasteiger partial charge in [0.05, 0.1) is 12.7 Å². The van der Waals surface area contributed by atoms with Crippen LogP contribution in [0.25, 0.3) is 0 Å². The Balaban J connectivity index is 1.77. The molecule has 0 unspecified atom stereocenters. The fourth-order valence-electron chi connectivity index (χ4n) is 1.81. The first-order chi connectivity index (χ1) is 10.0. The van der Waals surface area contributed by atoms with Gasteiger partial charge in [-0.3, -0.25) is 4.79 Å². The number of rotatable bonds is 6. The predicted molar refractivity (Wildman–Crippen MR) is 80.0 cm³/mol. The third kappa shape index (κ3) is 4.71. The topological polar surface area (TPSA) is 84.2 Å². The molecule has 0 saturated carbocycles. The highest BCUT2D eigenvalue weighted by Crippen LogP contribution is 2.11. The second-order valence-corrected chi connectivity index (χ2v) is 5.37. The number of hydrogen-bond acceptors (Lipinski definition) is 3. The molecule has 0 radical (unpaired) electrons. The molecular formula is C14H14BrN3O3. The number of amides is 1. The number of carbonyl (C=O) groups is 2. The van der Waals surface area contributed by atoms with Gasteiger partial charge in [-0.15, -0.1) is 0 Å². The van der Waals surface area contributed by atoms with Crippen LogP contribution >= 0.6 is 15.9 Å². The highest BCUT2D eigenvalue weighted by Gasteiger charge is 2.07. The maximum absolute atomic E-state index is 11.8. The molecule has 2 rings (SSSR count). The summed E-state index contributed by atoms with van der Waals surface area (Å²) in [4.78, 5) is 26.2. The number of aromatic nitrogens is 2. The van der Waals surface area contributed by atoms with Crippen molar-refractivity contribution < 1.29 is 14.7 Å². The Morgan fingerprint density at radius 3 is 2.86 bits per heavy atom. The summed E-state index contributed by atoms with van der Waals surface area (Å²) in [7, 11) is 0. The van der Waals surface area contributed by atoms with Crippen LogP contribution < -0.4 is 5.32 Å². The van der Waals surface area contributed by atoms with Gasteiger partial charge in [-0.25, -0.2) is 9.78 Å². The minimum absolute atomic E-state index is 0.00420. The van der Waals surface area contributed by atoms with Gasteiger partial charge in [0.25, 0.3) is 0 Å². The lowest BCUT2D eigenvalue weighted by atomic mass is 10.1. The Kier molecular flexibility index (Phi) is 5.10. The summed E-state index contributed by atoms with van der Waals surface area (Å²) in [5.41, 5.74) is 0.924. The molecule has 2 N–H and O–H groups in total. The first kappa shape index (κ1) is 15.2. The zero-order valence-electron chi connectivity index (χ0n) is 11.1. The number of halogens is 1. The third-order valence-electron chi connectivity index (χ3n) is 2.80. The molecular weight excluding hydrogens is 338 g/mol. The summed E-state index contributed by atoms with van der Waals surface area (Å²) >= 11 is 3.36. The number of nitrogens with zero attached hydrogens (tertiary/aromatic N) is 2. The van der Waals surface area contributed by atoms with Crippen molar-refractivity contribution in [3.63, 3.8) is 0 Å². The molecule has 1 amide bonds. The number of benzene rings is 1. The van der Waals surface area contributed by atoms with E-state index in [1.807, 2.05) is 24.3 Å². The summed E-state index contributed by atoms with van der Waals surface area (Å²) < 4.78 is 2.57. The first-order valence-electron chi connectivity index (χ1n) is 6.31. The predicted octanol–water partition coefficient (Wildman–Crippen LogP) is 1.70. The maximum Gasteiger partial charge on any atom is 0.356 e. The largest absolute Gasteiger partial charge is 0.476 e. The molecule has 110 valence electrons.